The highest BCUT2D eigenvalue weighted by Crippen LogP contribution is 2.64. The molecule has 4 heteroatoms. The number of hydrogen-bond acceptors (Lipinski definition) is 2. The van der Waals surface area contributed by atoms with E-state index in [4.69, 9.17) is 0 Å². The molecule has 5 aliphatic rings. The van der Waals surface area contributed by atoms with Crippen molar-refractivity contribution in [1.29, 1.82) is 0 Å². The van der Waals surface area contributed by atoms with E-state index in [0.717, 1.165) is 17.4 Å². The molecule has 1 aromatic carbocycles. The predicted octanol–water partition coefficient (Wildman–Crippen LogP) is 3.11. The number of nitrogens with zero attached hydrogens (tertiary/aromatic N) is 1. The number of halogens is 1. The molecule has 1 N–H and O–H groups in total. The molecule has 0 unspecified atom stereocenters. The summed E-state index contributed by atoms with van der Waals surface area (Å²) in [5.41, 5.74) is 0.836. The highest BCUT2D eigenvalue weighted by atomic mass is 19.1. The SMILES string of the molecule is O=C(CC1(c2cccc(F)c2)C2CC3CC(C2)CC1C3)N1CC(O)C1. The van der Waals surface area contributed by atoms with Gasteiger partial charge in [-0.05, 0) is 73.5 Å². The van der Waals surface area contributed by atoms with Gasteiger partial charge in [-0.2, -0.15) is 0 Å². The first-order chi connectivity index (χ1) is 12.0. The number of β-amino-alcohol motifs (C(OH)–C–C–N with tert-alkyl or cyclic N) is 1. The molecule has 0 aromatic heterocycles. The first kappa shape index (κ1) is 15.8. The first-order valence-corrected chi connectivity index (χ1v) is 9.76. The summed E-state index contributed by atoms with van der Waals surface area (Å²) in [6.45, 7) is 0.914. The number of carbonyl (C=O) groups is 1. The van der Waals surface area contributed by atoms with E-state index in [-0.39, 0.29) is 23.2 Å². The third kappa shape index (κ3) is 2.37. The van der Waals surface area contributed by atoms with Gasteiger partial charge >= 0.3 is 0 Å². The molecule has 1 saturated heterocycles. The smallest absolute Gasteiger partial charge is 0.223 e. The molecule has 1 aromatic rings. The Bertz CT molecular complexity index is 669. The summed E-state index contributed by atoms with van der Waals surface area (Å²) >= 11 is 0. The lowest BCUT2D eigenvalue weighted by Gasteiger charge is -2.62. The Balaban J connectivity index is 1.53. The van der Waals surface area contributed by atoms with Crippen molar-refractivity contribution >= 4 is 5.91 Å². The summed E-state index contributed by atoms with van der Waals surface area (Å²) in [7, 11) is 0. The second-order valence-corrected chi connectivity index (χ2v) is 8.98. The van der Waals surface area contributed by atoms with Gasteiger partial charge < -0.3 is 10.0 Å². The van der Waals surface area contributed by atoms with Gasteiger partial charge in [0.2, 0.25) is 5.91 Å². The average molecular weight is 343 g/mol. The van der Waals surface area contributed by atoms with E-state index in [2.05, 4.69) is 0 Å². The number of rotatable bonds is 3. The molecule has 0 radical (unpaired) electrons. The van der Waals surface area contributed by atoms with Crippen LogP contribution in [0.1, 0.15) is 44.1 Å². The van der Waals surface area contributed by atoms with Gasteiger partial charge in [0.1, 0.15) is 5.82 Å². The molecule has 1 aliphatic heterocycles. The van der Waals surface area contributed by atoms with E-state index in [1.165, 1.54) is 38.2 Å². The van der Waals surface area contributed by atoms with Crippen molar-refractivity contribution in [2.75, 3.05) is 13.1 Å². The fourth-order valence-electron chi connectivity index (χ4n) is 6.69. The van der Waals surface area contributed by atoms with E-state index in [1.54, 1.807) is 17.0 Å². The van der Waals surface area contributed by atoms with Gasteiger partial charge in [-0.1, -0.05) is 12.1 Å². The predicted molar refractivity (Wildman–Crippen MR) is 92.3 cm³/mol. The maximum Gasteiger partial charge on any atom is 0.223 e. The van der Waals surface area contributed by atoms with E-state index < -0.39 is 0 Å². The van der Waals surface area contributed by atoms with Gasteiger partial charge in [0.05, 0.1) is 6.10 Å². The molecule has 6 rings (SSSR count). The lowest BCUT2D eigenvalue weighted by Crippen LogP contribution is -2.60. The minimum absolute atomic E-state index is 0.141. The topological polar surface area (TPSA) is 40.5 Å². The third-order valence-electron chi connectivity index (χ3n) is 7.62. The molecule has 0 spiro atoms. The van der Waals surface area contributed by atoms with Gasteiger partial charge in [-0.3, -0.25) is 4.79 Å². The molecular weight excluding hydrogens is 317 g/mol. The summed E-state index contributed by atoms with van der Waals surface area (Å²) in [5, 5.41) is 9.55. The summed E-state index contributed by atoms with van der Waals surface area (Å²) in [6, 6.07) is 7.03. The van der Waals surface area contributed by atoms with Crippen LogP contribution in [-0.4, -0.2) is 35.1 Å². The van der Waals surface area contributed by atoms with Crippen LogP contribution in [-0.2, 0) is 10.2 Å². The average Bonchev–Trinajstić information content (AvgIpc) is 2.54. The van der Waals surface area contributed by atoms with Crippen LogP contribution in [0.3, 0.4) is 0 Å². The number of amides is 1. The Labute approximate surface area is 148 Å². The molecule has 3 nitrogen and oxygen atoms in total. The van der Waals surface area contributed by atoms with Gasteiger partial charge in [0, 0.05) is 24.9 Å². The Morgan fingerprint density at radius 1 is 1.12 bits per heavy atom. The van der Waals surface area contributed by atoms with Crippen molar-refractivity contribution in [2.45, 2.75) is 50.0 Å². The molecule has 4 aliphatic carbocycles. The number of aliphatic hydroxyl groups excluding tert-OH is 1. The summed E-state index contributed by atoms with van der Waals surface area (Å²) in [5.74, 6) is 2.57. The molecule has 0 atom stereocenters. The molecule has 4 saturated carbocycles. The van der Waals surface area contributed by atoms with E-state index in [9.17, 15) is 14.3 Å². The molecule has 5 fully saturated rings. The lowest BCUT2D eigenvalue weighted by atomic mass is 9.43. The molecule has 4 bridgehead atoms. The minimum Gasteiger partial charge on any atom is -0.389 e. The second-order valence-electron chi connectivity index (χ2n) is 8.98. The summed E-state index contributed by atoms with van der Waals surface area (Å²) in [4.78, 5) is 14.7. The maximum atomic E-state index is 14.0. The second kappa shape index (κ2) is 5.54. The minimum atomic E-state index is -0.368. The molecule has 134 valence electrons. The molecule has 25 heavy (non-hydrogen) atoms. The van der Waals surface area contributed by atoms with Crippen molar-refractivity contribution in [3.05, 3.63) is 35.6 Å². The van der Waals surface area contributed by atoms with Crippen molar-refractivity contribution in [3.63, 3.8) is 0 Å². The van der Waals surface area contributed by atoms with Crippen LogP contribution >= 0.6 is 0 Å². The Hall–Kier alpha value is -1.42. The Morgan fingerprint density at radius 2 is 1.76 bits per heavy atom. The maximum absolute atomic E-state index is 14.0. The van der Waals surface area contributed by atoms with Crippen LogP contribution in [0, 0.1) is 29.5 Å². The number of benzene rings is 1. The zero-order valence-electron chi connectivity index (χ0n) is 14.5. The van der Waals surface area contributed by atoms with E-state index >= 15 is 0 Å². The highest BCUT2D eigenvalue weighted by molar-refractivity contribution is 5.79. The normalized spacial score (nSPS) is 39.5. The monoisotopic (exact) mass is 343 g/mol. The number of likely N-dealkylation sites (tertiary alicyclic amines) is 1. The van der Waals surface area contributed by atoms with E-state index in [0.29, 0.717) is 31.3 Å². The van der Waals surface area contributed by atoms with Gasteiger partial charge in [0.25, 0.3) is 0 Å². The van der Waals surface area contributed by atoms with Crippen molar-refractivity contribution < 1.29 is 14.3 Å². The van der Waals surface area contributed by atoms with Crippen LogP contribution in [0.25, 0.3) is 0 Å². The van der Waals surface area contributed by atoms with Gasteiger partial charge in [-0.15, -0.1) is 0 Å². The summed E-state index contributed by atoms with van der Waals surface area (Å²) in [6.07, 6.45) is 6.25. The number of aliphatic hydroxyl groups is 1. The van der Waals surface area contributed by atoms with Gasteiger partial charge in [0.15, 0.2) is 0 Å². The van der Waals surface area contributed by atoms with E-state index in [1.807, 2.05) is 6.07 Å². The van der Waals surface area contributed by atoms with Crippen LogP contribution in [0.5, 0.6) is 0 Å². The fraction of sp³-hybridized carbons (Fsp3) is 0.667. The fourth-order valence-corrected chi connectivity index (χ4v) is 6.69. The zero-order chi connectivity index (χ0) is 17.2. The molecular formula is C21H26FNO2. The third-order valence-corrected chi connectivity index (χ3v) is 7.62. The standard InChI is InChI=1S/C21H26FNO2/c22-18-3-1-2-15(9-18)21(10-20(25)23-11-19(24)12-23)16-5-13-4-14(7-16)8-17(21)6-13/h1-3,9,13-14,16-17,19,24H,4-8,10-12H2. The van der Waals surface area contributed by atoms with Crippen LogP contribution < -0.4 is 0 Å². The largest absolute Gasteiger partial charge is 0.389 e. The van der Waals surface area contributed by atoms with Crippen molar-refractivity contribution in [1.82, 2.24) is 4.90 Å². The zero-order valence-corrected chi connectivity index (χ0v) is 14.5. The number of hydrogen-bond donors (Lipinski definition) is 1. The molecule has 1 amide bonds. The Morgan fingerprint density at radius 3 is 2.32 bits per heavy atom. The van der Waals surface area contributed by atoms with Crippen molar-refractivity contribution in [3.8, 4) is 0 Å². The first-order valence-electron chi connectivity index (χ1n) is 9.76. The number of carbonyl (C=O) groups excluding carboxylic acids is 1. The van der Waals surface area contributed by atoms with Crippen LogP contribution in [0.2, 0.25) is 0 Å². The van der Waals surface area contributed by atoms with Crippen LogP contribution in [0.15, 0.2) is 24.3 Å². The summed E-state index contributed by atoms with van der Waals surface area (Å²) < 4.78 is 14.0. The Kier molecular flexibility index (Phi) is 3.50. The quantitative estimate of drug-likeness (QED) is 0.916. The molecule has 1 heterocycles. The lowest BCUT2D eigenvalue weighted by molar-refractivity contribution is -0.148. The van der Waals surface area contributed by atoms with Crippen molar-refractivity contribution in [2.24, 2.45) is 23.7 Å². The van der Waals surface area contributed by atoms with Crippen LogP contribution in [0.4, 0.5) is 4.39 Å². The highest BCUT2D eigenvalue weighted by Gasteiger charge is 2.58. The van der Waals surface area contributed by atoms with Gasteiger partial charge in [-0.25, -0.2) is 4.39 Å².